The molecule has 0 aliphatic carbocycles. The average Bonchev–Trinajstić information content (AvgIpc) is 2.86. The standard InChI is InChI=1S/C14H7ClF2N2O2/c15-9-5-11(17)10(16)4-8(9)14-19-12-3-7(18-6-20)1-2-13(12)21-14/h1-6H,(H,18,20). The van der Waals surface area contributed by atoms with Gasteiger partial charge in [-0.3, -0.25) is 4.79 Å². The van der Waals surface area contributed by atoms with Gasteiger partial charge in [0.2, 0.25) is 12.3 Å². The Kier molecular flexibility index (Phi) is 3.31. The maximum Gasteiger partial charge on any atom is 0.228 e. The minimum Gasteiger partial charge on any atom is -0.436 e. The first-order valence-electron chi connectivity index (χ1n) is 5.84. The third-order valence-corrected chi connectivity index (χ3v) is 3.17. The van der Waals surface area contributed by atoms with Crippen LogP contribution in [-0.2, 0) is 4.79 Å². The number of carbonyl (C=O) groups excluding carboxylic acids is 1. The summed E-state index contributed by atoms with van der Waals surface area (Å²) in [5, 5.41) is 2.47. The van der Waals surface area contributed by atoms with Crippen molar-refractivity contribution in [3.63, 3.8) is 0 Å². The molecule has 0 saturated heterocycles. The molecule has 0 atom stereocenters. The molecular formula is C14H7ClF2N2O2. The van der Waals surface area contributed by atoms with Gasteiger partial charge in [0.1, 0.15) is 5.52 Å². The number of anilines is 1. The maximum absolute atomic E-state index is 13.3. The van der Waals surface area contributed by atoms with Gasteiger partial charge in [-0.05, 0) is 30.3 Å². The van der Waals surface area contributed by atoms with E-state index in [1.165, 1.54) is 0 Å². The number of nitrogens with one attached hydrogen (secondary N) is 1. The number of halogens is 3. The van der Waals surface area contributed by atoms with Crippen molar-refractivity contribution in [1.82, 2.24) is 4.98 Å². The van der Waals surface area contributed by atoms with Crippen molar-refractivity contribution in [2.75, 3.05) is 5.32 Å². The van der Waals surface area contributed by atoms with E-state index < -0.39 is 11.6 Å². The highest BCUT2D eigenvalue weighted by atomic mass is 35.5. The first kappa shape index (κ1) is 13.5. The van der Waals surface area contributed by atoms with E-state index >= 15 is 0 Å². The molecule has 1 amide bonds. The van der Waals surface area contributed by atoms with Gasteiger partial charge >= 0.3 is 0 Å². The number of aromatic nitrogens is 1. The second kappa shape index (κ2) is 5.14. The van der Waals surface area contributed by atoms with E-state index in [2.05, 4.69) is 10.3 Å². The minimum absolute atomic E-state index is 0.00769. The first-order chi connectivity index (χ1) is 10.1. The van der Waals surface area contributed by atoms with E-state index in [0.29, 0.717) is 23.2 Å². The van der Waals surface area contributed by atoms with Gasteiger partial charge in [-0.15, -0.1) is 0 Å². The van der Waals surface area contributed by atoms with Crippen molar-refractivity contribution in [1.29, 1.82) is 0 Å². The quantitative estimate of drug-likeness (QED) is 0.588. The number of rotatable bonds is 3. The third kappa shape index (κ3) is 2.45. The predicted octanol–water partition coefficient (Wildman–Crippen LogP) is 3.99. The summed E-state index contributed by atoms with van der Waals surface area (Å²) in [6.07, 6.45) is 0.536. The summed E-state index contributed by atoms with van der Waals surface area (Å²) in [5.41, 5.74) is 1.57. The Hall–Kier alpha value is -2.47. The van der Waals surface area contributed by atoms with E-state index in [1.807, 2.05) is 0 Å². The molecule has 21 heavy (non-hydrogen) atoms. The number of fused-ring (bicyclic) bond motifs is 1. The van der Waals surface area contributed by atoms with E-state index in [0.717, 1.165) is 12.1 Å². The van der Waals surface area contributed by atoms with Gasteiger partial charge in [0.15, 0.2) is 17.2 Å². The van der Waals surface area contributed by atoms with Crippen LogP contribution in [0, 0.1) is 11.6 Å². The lowest BCUT2D eigenvalue weighted by Gasteiger charge is -2.00. The van der Waals surface area contributed by atoms with Crippen LogP contribution in [-0.4, -0.2) is 11.4 Å². The van der Waals surface area contributed by atoms with E-state index in [-0.39, 0.29) is 16.5 Å². The number of hydrogen-bond donors (Lipinski definition) is 1. The fraction of sp³-hybridized carbons (Fsp3) is 0. The molecule has 3 aromatic rings. The smallest absolute Gasteiger partial charge is 0.228 e. The summed E-state index contributed by atoms with van der Waals surface area (Å²) in [7, 11) is 0. The Morgan fingerprint density at radius 3 is 2.71 bits per heavy atom. The molecule has 1 N–H and O–H groups in total. The zero-order valence-corrected chi connectivity index (χ0v) is 11.1. The molecule has 0 spiro atoms. The lowest BCUT2D eigenvalue weighted by atomic mass is 10.2. The van der Waals surface area contributed by atoms with Crippen LogP contribution in [0.4, 0.5) is 14.5 Å². The van der Waals surface area contributed by atoms with Gasteiger partial charge in [-0.25, -0.2) is 13.8 Å². The molecule has 3 rings (SSSR count). The summed E-state index contributed by atoms with van der Waals surface area (Å²) in [5.74, 6) is -2.02. The van der Waals surface area contributed by atoms with Crippen LogP contribution in [0.5, 0.6) is 0 Å². The highest BCUT2D eigenvalue weighted by molar-refractivity contribution is 6.33. The van der Waals surface area contributed by atoms with E-state index in [9.17, 15) is 13.6 Å². The maximum atomic E-state index is 13.3. The first-order valence-corrected chi connectivity index (χ1v) is 6.22. The fourth-order valence-electron chi connectivity index (χ4n) is 1.89. The molecule has 0 radical (unpaired) electrons. The van der Waals surface area contributed by atoms with E-state index in [4.69, 9.17) is 16.0 Å². The van der Waals surface area contributed by atoms with Crippen molar-refractivity contribution in [2.24, 2.45) is 0 Å². The molecule has 7 heteroatoms. The molecular weight excluding hydrogens is 302 g/mol. The van der Waals surface area contributed by atoms with Crippen LogP contribution < -0.4 is 5.32 Å². The highest BCUT2D eigenvalue weighted by Gasteiger charge is 2.15. The van der Waals surface area contributed by atoms with Gasteiger partial charge in [0, 0.05) is 5.69 Å². The third-order valence-electron chi connectivity index (χ3n) is 2.85. The Morgan fingerprint density at radius 1 is 1.19 bits per heavy atom. The largest absolute Gasteiger partial charge is 0.436 e. The van der Waals surface area contributed by atoms with Crippen molar-refractivity contribution in [3.05, 3.63) is 47.0 Å². The molecule has 1 heterocycles. The van der Waals surface area contributed by atoms with Crippen LogP contribution in [0.2, 0.25) is 5.02 Å². The number of carbonyl (C=O) groups is 1. The average molecular weight is 309 g/mol. The molecule has 0 saturated carbocycles. The summed E-state index contributed by atoms with van der Waals surface area (Å²) in [6, 6.07) is 6.60. The fourth-order valence-corrected chi connectivity index (χ4v) is 2.12. The van der Waals surface area contributed by atoms with Crippen molar-refractivity contribution >= 4 is 34.8 Å². The van der Waals surface area contributed by atoms with Crippen molar-refractivity contribution in [2.45, 2.75) is 0 Å². The van der Waals surface area contributed by atoms with Crippen LogP contribution in [0.25, 0.3) is 22.6 Å². The van der Waals surface area contributed by atoms with Gasteiger partial charge in [-0.2, -0.15) is 0 Å². The lowest BCUT2D eigenvalue weighted by Crippen LogP contribution is -1.92. The second-order valence-electron chi connectivity index (χ2n) is 4.21. The summed E-state index contributed by atoms with van der Waals surface area (Å²) >= 11 is 5.88. The zero-order chi connectivity index (χ0) is 15.0. The summed E-state index contributed by atoms with van der Waals surface area (Å²) < 4.78 is 31.8. The molecule has 106 valence electrons. The monoisotopic (exact) mass is 308 g/mol. The molecule has 1 aromatic heterocycles. The number of benzene rings is 2. The molecule has 0 unspecified atom stereocenters. The summed E-state index contributed by atoms with van der Waals surface area (Å²) in [6.45, 7) is 0. The second-order valence-corrected chi connectivity index (χ2v) is 4.62. The van der Waals surface area contributed by atoms with Crippen LogP contribution >= 0.6 is 11.6 Å². The van der Waals surface area contributed by atoms with Gasteiger partial charge in [0.05, 0.1) is 10.6 Å². The molecule has 0 aliphatic rings. The Balaban J connectivity index is 2.13. The molecule has 2 aromatic carbocycles. The Bertz CT molecular complexity index is 848. The molecule has 0 fully saturated rings. The summed E-state index contributed by atoms with van der Waals surface area (Å²) in [4.78, 5) is 14.6. The molecule has 0 bridgehead atoms. The lowest BCUT2D eigenvalue weighted by molar-refractivity contribution is -0.105. The van der Waals surface area contributed by atoms with Gasteiger partial charge < -0.3 is 9.73 Å². The van der Waals surface area contributed by atoms with Crippen molar-refractivity contribution < 1.29 is 18.0 Å². The number of oxazole rings is 1. The highest BCUT2D eigenvalue weighted by Crippen LogP contribution is 2.32. The van der Waals surface area contributed by atoms with Gasteiger partial charge in [0.25, 0.3) is 0 Å². The normalized spacial score (nSPS) is 10.8. The minimum atomic E-state index is -1.04. The topological polar surface area (TPSA) is 55.1 Å². The molecule has 4 nitrogen and oxygen atoms in total. The SMILES string of the molecule is O=CNc1ccc2oc(-c3cc(F)c(F)cc3Cl)nc2c1. The van der Waals surface area contributed by atoms with Gasteiger partial charge in [-0.1, -0.05) is 11.6 Å². The Morgan fingerprint density at radius 2 is 1.95 bits per heavy atom. The van der Waals surface area contributed by atoms with Crippen LogP contribution in [0.3, 0.4) is 0 Å². The van der Waals surface area contributed by atoms with E-state index in [1.54, 1.807) is 18.2 Å². The Labute approximate surface area is 122 Å². The van der Waals surface area contributed by atoms with Crippen LogP contribution in [0.1, 0.15) is 0 Å². The number of amides is 1. The van der Waals surface area contributed by atoms with Crippen molar-refractivity contribution in [3.8, 4) is 11.5 Å². The number of hydrogen-bond acceptors (Lipinski definition) is 3. The predicted molar refractivity (Wildman–Crippen MR) is 74.1 cm³/mol. The zero-order valence-electron chi connectivity index (χ0n) is 10.4. The molecule has 0 aliphatic heterocycles. The van der Waals surface area contributed by atoms with Crippen LogP contribution in [0.15, 0.2) is 34.7 Å². The number of nitrogens with zero attached hydrogens (tertiary/aromatic N) is 1.